The summed E-state index contributed by atoms with van der Waals surface area (Å²) in [5.74, 6) is 0.0816. The molecule has 3 rings (SSSR count). The van der Waals surface area contributed by atoms with Crippen molar-refractivity contribution in [2.24, 2.45) is 11.5 Å². The van der Waals surface area contributed by atoms with E-state index in [1.807, 2.05) is 43.3 Å². The smallest absolute Gasteiger partial charge is 0.297 e. The molecule has 7 nitrogen and oxygen atoms in total. The Balaban J connectivity index is 1.70. The molecule has 3 aromatic carbocycles. The second-order valence-electron chi connectivity index (χ2n) is 6.71. The Hall–Kier alpha value is -2.94. The van der Waals surface area contributed by atoms with Gasteiger partial charge in [0.1, 0.15) is 17.7 Å². The maximum absolute atomic E-state index is 12.5. The lowest BCUT2D eigenvalue weighted by Gasteiger charge is -2.21. The monoisotopic (exact) mass is 413 g/mol. The van der Waals surface area contributed by atoms with Crippen molar-refractivity contribution < 1.29 is 17.3 Å². The van der Waals surface area contributed by atoms with Crippen LogP contribution in [0.15, 0.2) is 71.6 Å². The predicted molar refractivity (Wildman–Crippen MR) is 112 cm³/mol. The van der Waals surface area contributed by atoms with Crippen molar-refractivity contribution in [3.63, 3.8) is 0 Å². The summed E-state index contributed by atoms with van der Waals surface area (Å²) in [4.78, 5) is -0.0154. The van der Waals surface area contributed by atoms with Gasteiger partial charge in [0.2, 0.25) is 0 Å². The van der Waals surface area contributed by atoms with Crippen LogP contribution in [0, 0.1) is 12.3 Å². The van der Waals surface area contributed by atoms with Gasteiger partial charge in [0.25, 0.3) is 10.1 Å². The Morgan fingerprint density at radius 3 is 2.34 bits per heavy atom. The van der Waals surface area contributed by atoms with Gasteiger partial charge < -0.3 is 10.5 Å². The third-order valence-electron chi connectivity index (χ3n) is 4.35. The van der Waals surface area contributed by atoms with Gasteiger partial charge in [0.05, 0.1) is 4.90 Å². The van der Waals surface area contributed by atoms with Gasteiger partial charge in [-0.25, -0.2) is 0 Å². The van der Waals surface area contributed by atoms with Crippen LogP contribution in [0.5, 0.6) is 5.75 Å². The highest BCUT2D eigenvalue weighted by Crippen LogP contribution is 2.22. The van der Waals surface area contributed by atoms with Crippen LogP contribution < -0.4 is 16.2 Å². The van der Waals surface area contributed by atoms with E-state index in [-0.39, 0.29) is 11.3 Å². The fraction of sp³-hybridized carbons (Fsp3) is 0.190. The summed E-state index contributed by atoms with van der Waals surface area (Å²) in [5, 5.41) is 9.73. The normalized spacial score (nSPS) is 13.7. The quantitative estimate of drug-likeness (QED) is 0.225. The van der Waals surface area contributed by atoms with Gasteiger partial charge in [-0.3, -0.25) is 15.3 Å². The van der Waals surface area contributed by atoms with E-state index in [4.69, 9.17) is 25.8 Å². The van der Waals surface area contributed by atoms with E-state index in [1.54, 1.807) is 18.2 Å². The lowest BCUT2D eigenvalue weighted by atomic mass is 10.1. The fourth-order valence-corrected chi connectivity index (χ4v) is 3.87. The molecular weight excluding hydrogens is 390 g/mol. The molecule has 0 radical (unpaired) electrons. The van der Waals surface area contributed by atoms with Crippen LogP contribution in [0.2, 0.25) is 0 Å². The van der Waals surface area contributed by atoms with E-state index in [2.05, 4.69) is 0 Å². The van der Waals surface area contributed by atoms with Gasteiger partial charge in [0, 0.05) is 6.42 Å². The van der Waals surface area contributed by atoms with E-state index in [0.29, 0.717) is 5.75 Å². The highest BCUT2D eigenvalue weighted by atomic mass is 32.2. The number of benzene rings is 3. The lowest BCUT2D eigenvalue weighted by molar-refractivity contribution is 0.148. The van der Waals surface area contributed by atoms with E-state index in [1.165, 1.54) is 12.1 Å². The molecule has 3 aromatic rings. The molecule has 0 bridgehead atoms. The molecular formula is C21H23N3O4S. The minimum atomic E-state index is -4.10. The largest absolute Gasteiger partial charge is 0.475 e. The van der Waals surface area contributed by atoms with E-state index >= 15 is 0 Å². The van der Waals surface area contributed by atoms with E-state index in [0.717, 1.165) is 16.3 Å². The zero-order chi connectivity index (χ0) is 21.0. The predicted octanol–water partition coefficient (Wildman–Crippen LogP) is 2.91. The summed E-state index contributed by atoms with van der Waals surface area (Å²) in [6.07, 6.45) is -2.26. The molecule has 0 spiro atoms. The number of hydrogen-bond acceptors (Lipinski definition) is 6. The topological polar surface area (TPSA) is 128 Å². The van der Waals surface area contributed by atoms with Crippen molar-refractivity contribution in [3.8, 4) is 5.75 Å². The molecule has 0 saturated carbocycles. The Bertz CT molecular complexity index is 1110. The summed E-state index contributed by atoms with van der Waals surface area (Å²) >= 11 is 0. The highest BCUT2D eigenvalue weighted by molar-refractivity contribution is 7.86. The molecule has 0 aliphatic carbocycles. The third-order valence-corrected chi connectivity index (χ3v) is 5.69. The van der Waals surface area contributed by atoms with Crippen LogP contribution in [0.4, 0.5) is 0 Å². The second kappa shape index (κ2) is 8.60. The van der Waals surface area contributed by atoms with Crippen LogP contribution in [0.25, 0.3) is 10.8 Å². The standard InChI is InChI=1S/C21H23N3O4S/c1-14-6-10-18(11-7-14)29(25,26)28-19(21(23)24)13-20(22)27-17-9-8-15-4-2-3-5-16(15)12-17/h2-12,19-20H,13,22H2,1H3,(H3,23,24). The van der Waals surface area contributed by atoms with Gasteiger partial charge in [-0.05, 0) is 42.0 Å². The van der Waals surface area contributed by atoms with Crippen LogP contribution in [-0.2, 0) is 14.3 Å². The van der Waals surface area contributed by atoms with Gasteiger partial charge in [0.15, 0.2) is 6.23 Å². The zero-order valence-corrected chi connectivity index (χ0v) is 16.7. The molecule has 0 aromatic heterocycles. The first-order valence-corrected chi connectivity index (χ1v) is 10.4. The highest BCUT2D eigenvalue weighted by Gasteiger charge is 2.26. The molecule has 0 amide bonds. The molecule has 29 heavy (non-hydrogen) atoms. The number of nitrogens with one attached hydrogen (secondary N) is 1. The van der Waals surface area contributed by atoms with Crippen molar-refractivity contribution in [2.45, 2.75) is 30.6 Å². The molecule has 5 N–H and O–H groups in total. The fourth-order valence-electron chi connectivity index (χ4n) is 2.81. The van der Waals surface area contributed by atoms with Crippen LogP contribution in [-0.4, -0.2) is 26.6 Å². The summed E-state index contributed by atoms with van der Waals surface area (Å²) in [6.45, 7) is 1.85. The van der Waals surface area contributed by atoms with Gasteiger partial charge >= 0.3 is 0 Å². The Kier molecular flexibility index (Phi) is 6.17. The summed E-state index contributed by atoms with van der Waals surface area (Å²) in [6, 6.07) is 19.5. The van der Waals surface area contributed by atoms with Crippen LogP contribution in [0.1, 0.15) is 12.0 Å². The van der Waals surface area contributed by atoms with Crippen molar-refractivity contribution in [2.75, 3.05) is 0 Å². The molecule has 0 heterocycles. The van der Waals surface area contributed by atoms with Crippen molar-refractivity contribution >= 4 is 26.7 Å². The molecule has 0 saturated heterocycles. The SMILES string of the molecule is Cc1ccc(S(=O)(=O)OC(CC(N)Oc2ccc3ccccc3c2)C(=N)N)cc1. The maximum atomic E-state index is 12.5. The van der Waals surface area contributed by atoms with Crippen LogP contribution in [0.3, 0.4) is 0 Å². The minimum Gasteiger partial charge on any atom is -0.475 e. The average molecular weight is 413 g/mol. The Morgan fingerprint density at radius 2 is 1.69 bits per heavy atom. The molecule has 0 fully saturated rings. The number of aryl methyl sites for hydroxylation is 1. The summed E-state index contributed by atoms with van der Waals surface area (Å²) < 4.78 is 35.8. The van der Waals surface area contributed by atoms with E-state index < -0.39 is 28.3 Å². The average Bonchev–Trinajstić information content (AvgIpc) is 2.67. The summed E-state index contributed by atoms with van der Waals surface area (Å²) in [5.41, 5.74) is 12.5. The maximum Gasteiger partial charge on any atom is 0.297 e. The van der Waals surface area contributed by atoms with Gasteiger partial charge in [-0.15, -0.1) is 0 Å². The van der Waals surface area contributed by atoms with Crippen molar-refractivity contribution in [1.29, 1.82) is 5.41 Å². The second-order valence-corrected chi connectivity index (χ2v) is 8.28. The zero-order valence-electron chi connectivity index (χ0n) is 15.9. The first kappa shape index (κ1) is 20.8. The number of hydrogen-bond donors (Lipinski definition) is 3. The molecule has 0 aliphatic rings. The molecule has 2 unspecified atom stereocenters. The summed E-state index contributed by atoms with van der Waals surface area (Å²) in [7, 11) is -4.10. The molecule has 152 valence electrons. The first-order chi connectivity index (χ1) is 13.7. The number of ether oxygens (including phenoxy) is 1. The number of rotatable bonds is 8. The minimum absolute atomic E-state index is 0.0154. The molecule has 2 atom stereocenters. The number of fused-ring (bicyclic) bond motifs is 1. The Morgan fingerprint density at radius 1 is 1.03 bits per heavy atom. The van der Waals surface area contributed by atoms with E-state index in [9.17, 15) is 8.42 Å². The van der Waals surface area contributed by atoms with Crippen molar-refractivity contribution in [3.05, 3.63) is 72.3 Å². The molecule has 0 aliphatic heterocycles. The van der Waals surface area contributed by atoms with Gasteiger partial charge in [-0.2, -0.15) is 8.42 Å². The van der Waals surface area contributed by atoms with Gasteiger partial charge in [-0.1, -0.05) is 48.0 Å². The molecule has 8 heteroatoms. The Labute approximate surface area is 169 Å². The number of amidine groups is 1. The first-order valence-electron chi connectivity index (χ1n) is 8.99. The van der Waals surface area contributed by atoms with Crippen molar-refractivity contribution in [1.82, 2.24) is 0 Å². The third kappa shape index (κ3) is 5.32. The lowest BCUT2D eigenvalue weighted by Crippen LogP contribution is -2.40. The number of nitrogens with two attached hydrogens (primary N) is 2. The van der Waals surface area contributed by atoms with Crippen LogP contribution >= 0.6 is 0 Å².